The normalized spacial score (nSPS) is 10.3. The number of pyridine rings is 2. The molecule has 0 aliphatic carbocycles. The molecular formula is C15H12N4OS. The Morgan fingerprint density at radius 2 is 2.10 bits per heavy atom. The number of amides is 1. The fraction of sp³-hybridized carbons (Fsp3) is 0.0667. The number of rotatable bonds is 3. The molecule has 5 nitrogen and oxygen atoms in total. The first-order chi connectivity index (χ1) is 10.2. The summed E-state index contributed by atoms with van der Waals surface area (Å²) in [5.74, 6) is -0.257. The van der Waals surface area contributed by atoms with Gasteiger partial charge in [-0.05, 0) is 31.2 Å². The number of aryl methyl sites for hydroxylation is 1. The molecule has 1 amide bonds. The van der Waals surface area contributed by atoms with E-state index in [2.05, 4.69) is 20.3 Å². The van der Waals surface area contributed by atoms with E-state index in [0.29, 0.717) is 11.4 Å². The van der Waals surface area contributed by atoms with Gasteiger partial charge in [0, 0.05) is 11.9 Å². The van der Waals surface area contributed by atoms with E-state index in [-0.39, 0.29) is 5.91 Å². The van der Waals surface area contributed by atoms with Crippen LogP contribution in [0.25, 0.3) is 10.6 Å². The number of aromatic nitrogens is 3. The lowest BCUT2D eigenvalue weighted by Gasteiger charge is -2.05. The molecular weight excluding hydrogens is 284 g/mol. The van der Waals surface area contributed by atoms with E-state index >= 15 is 0 Å². The second-order valence-electron chi connectivity index (χ2n) is 4.42. The molecule has 104 valence electrons. The lowest BCUT2D eigenvalue weighted by atomic mass is 10.2. The van der Waals surface area contributed by atoms with Gasteiger partial charge in [-0.15, -0.1) is 11.3 Å². The van der Waals surface area contributed by atoms with Gasteiger partial charge in [-0.2, -0.15) is 0 Å². The number of hydrogen-bond donors (Lipinski definition) is 1. The minimum atomic E-state index is -0.257. The lowest BCUT2D eigenvalue weighted by Crippen LogP contribution is -2.14. The van der Waals surface area contributed by atoms with E-state index in [9.17, 15) is 4.79 Å². The van der Waals surface area contributed by atoms with Crippen molar-refractivity contribution in [3.63, 3.8) is 0 Å². The number of carbonyl (C=O) groups is 1. The number of thiazole rings is 1. The van der Waals surface area contributed by atoms with Gasteiger partial charge in [0.05, 0.1) is 28.0 Å². The SMILES string of the molecule is Cc1ccc(NC(=O)c2cccc(-c3cncs3)n2)cn1. The summed E-state index contributed by atoms with van der Waals surface area (Å²) >= 11 is 1.49. The Hall–Kier alpha value is -2.60. The molecule has 3 heterocycles. The van der Waals surface area contributed by atoms with Crippen molar-refractivity contribution in [3.05, 3.63) is 59.6 Å². The van der Waals surface area contributed by atoms with Crippen LogP contribution >= 0.6 is 11.3 Å². The summed E-state index contributed by atoms with van der Waals surface area (Å²) < 4.78 is 0. The Kier molecular flexibility index (Phi) is 3.70. The third-order valence-electron chi connectivity index (χ3n) is 2.84. The van der Waals surface area contributed by atoms with Crippen LogP contribution in [0.5, 0.6) is 0 Å². The third-order valence-corrected chi connectivity index (χ3v) is 3.63. The molecule has 21 heavy (non-hydrogen) atoms. The van der Waals surface area contributed by atoms with Gasteiger partial charge in [0.2, 0.25) is 0 Å². The molecule has 0 saturated carbocycles. The van der Waals surface area contributed by atoms with Crippen molar-refractivity contribution in [1.29, 1.82) is 0 Å². The second kappa shape index (κ2) is 5.80. The van der Waals surface area contributed by atoms with Crippen molar-refractivity contribution in [2.45, 2.75) is 6.92 Å². The molecule has 1 N–H and O–H groups in total. The van der Waals surface area contributed by atoms with Crippen molar-refractivity contribution in [3.8, 4) is 10.6 Å². The molecule has 3 rings (SSSR count). The van der Waals surface area contributed by atoms with E-state index < -0.39 is 0 Å². The molecule has 0 spiro atoms. The summed E-state index contributed by atoms with van der Waals surface area (Å²) in [6.07, 6.45) is 3.36. The topological polar surface area (TPSA) is 67.8 Å². The van der Waals surface area contributed by atoms with Crippen LogP contribution in [0, 0.1) is 6.92 Å². The first kappa shape index (κ1) is 13.4. The smallest absolute Gasteiger partial charge is 0.274 e. The highest BCUT2D eigenvalue weighted by Gasteiger charge is 2.10. The molecule has 0 aliphatic heterocycles. The number of hydrogen-bond acceptors (Lipinski definition) is 5. The van der Waals surface area contributed by atoms with Crippen molar-refractivity contribution < 1.29 is 4.79 Å². The fourth-order valence-corrected chi connectivity index (χ4v) is 2.37. The molecule has 3 aromatic heterocycles. The predicted molar refractivity (Wildman–Crippen MR) is 82.3 cm³/mol. The summed E-state index contributed by atoms with van der Waals surface area (Å²) in [5.41, 5.74) is 4.39. The van der Waals surface area contributed by atoms with E-state index in [1.807, 2.05) is 31.2 Å². The Bertz CT molecular complexity index is 754. The van der Waals surface area contributed by atoms with Crippen LogP contribution < -0.4 is 5.32 Å². The van der Waals surface area contributed by atoms with Crippen LogP contribution in [0.2, 0.25) is 0 Å². The highest BCUT2D eigenvalue weighted by atomic mass is 32.1. The van der Waals surface area contributed by atoms with E-state index in [4.69, 9.17) is 0 Å². The van der Waals surface area contributed by atoms with Gasteiger partial charge in [-0.3, -0.25) is 14.8 Å². The molecule has 3 aromatic rings. The van der Waals surface area contributed by atoms with E-state index in [1.54, 1.807) is 24.0 Å². The Balaban J connectivity index is 1.81. The zero-order valence-corrected chi connectivity index (χ0v) is 12.1. The number of carbonyl (C=O) groups excluding carboxylic acids is 1. The van der Waals surface area contributed by atoms with E-state index in [1.165, 1.54) is 11.3 Å². The first-order valence-corrected chi connectivity index (χ1v) is 7.20. The minimum absolute atomic E-state index is 0.257. The standard InChI is InChI=1S/C15H12N4OS/c1-10-5-6-11(7-17-10)18-15(20)13-4-2-3-12(19-13)14-8-16-9-21-14/h2-9H,1H3,(H,18,20). The largest absolute Gasteiger partial charge is 0.319 e. The van der Waals surface area contributed by atoms with Crippen molar-refractivity contribution >= 4 is 22.9 Å². The second-order valence-corrected chi connectivity index (χ2v) is 5.30. The molecule has 6 heteroatoms. The fourth-order valence-electron chi connectivity index (χ4n) is 1.78. The average Bonchev–Trinajstić information content (AvgIpc) is 3.04. The molecule has 0 bridgehead atoms. The van der Waals surface area contributed by atoms with Gasteiger partial charge in [0.15, 0.2) is 0 Å². The zero-order valence-electron chi connectivity index (χ0n) is 11.3. The molecule has 0 saturated heterocycles. The average molecular weight is 296 g/mol. The van der Waals surface area contributed by atoms with Gasteiger partial charge in [-0.1, -0.05) is 6.07 Å². The molecule has 0 radical (unpaired) electrons. The summed E-state index contributed by atoms with van der Waals surface area (Å²) in [4.78, 5) is 25.7. The highest BCUT2D eigenvalue weighted by Crippen LogP contribution is 2.21. The van der Waals surface area contributed by atoms with Crippen molar-refractivity contribution in [1.82, 2.24) is 15.0 Å². The number of anilines is 1. The summed E-state index contributed by atoms with van der Waals surface area (Å²) in [5, 5.41) is 2.78. The van der Waals surface area contributed by atoms with Gasteiger partial charge in [0.1, 0.15) is 5.69 Å². The van der Waals surface area contributed by atoms with Crippen LogP contribution in [0.4, 0.5) is 5.69 Å². The van der Waals surface area contributed by atoms with Crippen molar-refractivity contribution in [2.75, 3.05) is 5.32 Å². The van der Waals surface area contributed by atoms with Crippen molar-refractivity contribution in [2.24, 2.45) is 0 Å². The maximum absolute atomic E-state index is 12.2. The van der Waals surface area contributed by atoms with Crippen LogP contribution in [-0.4, -0.2) is 20.9 Å². The summed E-state index contributed by atoms with van der Waals surface area (Å²) in [6.45, 7) is 1.89. The van der Waals surface area contributed by atoms with Gasteiger partial charge in [0.25, 0.3) is 5.91 Å². The summed E-state index contributed by atoms with van der Waals surface area (Å²) in [7, 11) is 0. The molecule has 0 aromatic carbocycles. The van der Waals surface area contributed by atoms with Gasteiger partial charge in [-0.25, -0.2) is 4.98 Å². The summed E-state index contributed by atoms with van der Waals surface area (Å²) in [6, 6.07) is 9.01. The zero-order chi connectivity index (χ0) is 14.7. The molecule has 0 aliphatic rings. The Labute approximate surface area is 125 Å². The third kappa shape index (κ3) is 3.11. The van der Waals surface area contributed by atoms with Gasteiger partial charge >= 0.3 is 0 Å². The van der Waals surface area contributed by atoms with Gasteiger partial charge < -0.3 is 5.32 Å². The number of nitrogens with zero attached hydrogens (tertiary/aromatic N) is 3. The first-order valence-electron chi connectivity index (χ1n) is 6.32. The Morgan fingerprint density at radius 1 is 1.19 bits per heavy atom. The van der Waals surface area contributed by atoms with E-state index in [0.717, 1.165) is 16.3 Å². The molecule has 0 atom stereocenters. The maximum Gasteiger partial charge on any atom is 0.274 e. The monoisotopic (exact) mass is 296 g/mol. The quantitative estimate of drug-likeness (QED) is 0.806. The Morgan fingerprint density at radius 3 is 2.81 bits per heavy atom. The lowest BCUT2D eigenvalue weighted by molar-refractivity contribution is 0.102. The molecule has 0 fully saturated rings. The van der Waals surface area contributed by atoms with Crippen LogP contribution in [0.3, 0.4) is 0 Å². The molecule has 0 unspecified atom stereocenters. The van der Waals surface area contributed by atoms with Crippen LogP contribution in [0.15, 0.2) is 48.2 Å². The van der Waals surface area contributed by atoms with Crippen LogP contribution in [0.1, 0.15) is 16.2 Å². The maximum atomic E-state index is 12.2. The highest BCUT2D eigenvalue weighted by molar-refractivity contribution is 7.13. The van der Waals surface area contributed by atoms with Crippen LogP contribution in [-0.2, 0) is 0 Å². The predicted octanol–water partition coefficient (Wildman–Crippen LogP) is 3.16. The number of nitrogens with one attached hydrogen (secondary N) is 1. The minimum Gasteiger partial charge on any atom is -0.319 e.